The van der Waals surface area contributed by atoms with Crippen LogP contribution in [0.2, 0.25) is 0 Å². The quantitative estimate of drug-likeness (QED) is 0.592. The summed E-state index contributed by atoms with van der Waals surface area (Å²) in [4.78, 5) is 18.1. The maximum absolute atomic E-state index is 13.7. The van der Waals surface area contributed by atoms with Crippen LogP contribution in [0.5, 0.6) is 23.0 Å². The van der Waals surface area contributed by atoms with Crippen molar-refractivity contribution in [1.29, 1.82) is 0 Å². The second-order valence-electron chi connectivity index (χ2n) is 8.20. The van der Waals surface area contributed by atoms with Gasteiger partial charge in [0.2, 0.25) is 5.95 Å². The smallest absolute Gasteiger partial charge is 0.226 e. The molecule has 0 radical (unpaired) electrons. The third-order valence-electron chi connectivity index (χ3n) is 6.47. The minimum Gasteiger partial charge on any atom is -0.497 e. The van der Waals surface area contributed by atoms with Crippen molar-refractivity contribution < 1.29 is 23.7 Å². The van der Waals surface area contributed by atoms with Crippen LogP contribution >= 0.6 is 0 Å². The van der Waals surface area contributed by atoms with Crippen LogP contribution in [0.25, 0.3) is 0 Å². The number of anilines is 1. The van der Waals surface area contributed by atoms with Gasteiger partial charge in [0.1, 0.15) is 23.9 Å². The number of aromatic nitrogens is 3. The zero-order chi connectivity index (χ0) is 23.8. The van der Waals surface area contributed by atoms with Gasteiger partial charge < -0.3 is 24.3 Å². The number of ether oxygens (including phenoxy) is 4. The molecule has 0 saturated carbocycles. The van der Waals surface area contributed by atoms with Gasteiger partial charge in [-0.15, -0.1) is 0 Å². The molecule has 1 aliphatic heterocycles. The van der Waals surface area contributed by atoms with Crippen molar-refractivity contribution in [2.24, 2.45) is 0 Å². The first-order valence-corrected chi connectivity index (χ1v) is 10.9. The molecule has 0 amide bonds. The van der Waals surface area contributed by atoms with Gasteiger partial charge in [0.15, 0.2) is 17.3 Å². The fourth-order valence-corrected chi connectivity index (χ4v) is 4.83. The Morgan fingerprint density at radius 1 is 0.912 bits per heavy atom. The molecule has 176 valence electrons. The zero-order valence-corrected chi connectivity index (χ0v) is 19.5. The third-order valence-corrected chi connectivity index (χ3v) is 6.47. The van der Waals surface area contributed by atoms with E-state index in [1.165, 1.54) is 6.33 Å². The Balaban J connectivity index is 1.59. The number of ketones is 1. The van der Waals surface area contributed by atoms with Crippen molar-refractivity contribution >= 4 is 11.7 Å². The average molecular weight is 463 g/mol. The van der Waals surface area contributed by atoms with Gasteiger partial charge in [-0.1, -0.05) is 6.07 Å². The lowest BCUT2D eigenvalue weighted by Gasteiger charge is -2.35. The van der Waals surface area contributed by atoms with Crippen LogP contribution in [0.15, 0.2) is 54.0 Å². The second kappa shape index (κ2) is 8.74. The normalized spacial score (nSPS) is 19.1. The molecule has 9 heteroatoms. The van der Waals surface area contributed by atoms with Crippen LogP contribution in [0, 0.1) is 0 Å². The highest BCUT2D eigenvalue weighted by molar-refractivity contribution is 6.00. The SMILES string of the molecule is COc1ccc(OC)c([C@@H]2C3=C(C[C@H](c4ccc(OC)c(OC)c4)CC3=O)Nc3ncnn32)c1. The van der Waals surface area contributed by atoms with Crippen molar-refractivity contribution in [2.45, 2.75) is 24.8 Å². The number of hydrogen-bond acceptors (Lipinski definition) is 8. The minimum absolute atomic E-state index is 0.0131. The summed E-state index contributed by atoms with van der Waals surface area (Å²) < 4.78 is 23.7. The van der Waals surface area contributed by atoms with Crippen LogP contribution in [0.4, 0.5) is 5.95 Å². The van der Waals surface area contributed by atoms with E-state index in [0.29, 0.717) is 47.4 Å². The number of allylic oxidation sites excluding steroid dienone is 2. The molecule has 9 nitrogen and oxygen atoms in total. The van der Waals surface area contributed by atoms with Gasteiger partial charge in [-0.2, -0.15) is 10.1 Å². The third kappa shape index (κ3) is 3.53. The molecule has 0 fully saturated rings. The lowest BCUT2D eigenvalue weighted by Crippen LogP contribution is -2.33. The van der Waals surface area contributed by atoms with Gasteiger partial charge in [0, 0.05) is 23.3 Å². The number of rotatable bonds is 6. The molecule has 2 atom stereocenters. The van der Waals surface area contributed by atoms with E-state index < -0.39 is 6.04 Å². The molecule has 3 aromatic rings. The summed E-state index contributed by atoms with van der Waals surface area (Å²) in [6.07, 6.45) is 2.49. The van der Waals surface area contributed by atoms with Crippen LogP contribution in [0.3, 0.4) is 0 Å². The van der Waals surface area contributed by atoms with E-state index in [1.54, 1.807) is 33.1 Å². The molecule has 0 unspecified atom stereocenters. The van der Waals surface area contributed by atoms with E-state index in [4.69, 9.17) is 18.9 Å². The topological polar surface area (TPSA) is 96.7 Å². The van der Waals surface area contributed by atoms with Crippen LogP contribution < -0.4 is 24.3 Å². The number of carbonyl (C=O) groups excluding carboxylic acids is 1. The fourth-order valence-electron chi connectivity index (χ4n) is 4.83. The van der Waals surface area contributed by atoms with E-state index in [-0.39, 0.29) is 11.7 Å². The van der Waals surface area contributed by atoms with E-state index >= 15 is 0 Å². The summed E-state index contributed by atoms with van der Waals surface area (Å²) in [7, 11) is 6.43. The lowest BCUT2D eigenvalue weighted by molar-refractivity contribution is -0.116. The highest BCUT2D eigenvalue weighted by atomic mass is 16.5. The van der Waals surface area contributed by atoms with Crippen molar-refractivity contribution in [3.05, 3.63) is 65.1 Å². The number of benzene rings is 2. The largest absolute Gasteiger partial charge is 0.497 e. The number of carbonyl (C=O) groups is 1. The van der Waals surface area contributed by atoms with E-state index in [9.17, 15) is 4.79 Å². The number of nitrogens with zero attached hydrogens (tertiary/aromatic N) is 3. The predicted octanol–water partition coefficient (Wildman–Crippen LogP) is 3.73. The van der Waals surface area contributed by atoms with Crippen LogP contribution in [-0.2, 0) is 4.79 Å². The molecule has 5 rings (SSSR count). The van der Waals surface area contributed by atoms with Crippen LogP contribution in [-0.4, -0.2) is 49.0 Å². The average Bonchev–Trinajstić information content (AvgIpc) is 3.34. The highest BCUT2D eigenvalue weighted by Crippen LogP contribution is 2.47. The lowest BCUT2D eigenvalue weighted by atomic mass is 9.77. The van der Waals surface area contributed by atoms with Gasteiger partial charge in [-0.05, 0) is 48.2 Å². The van der Waals surface area contributed by atoms with Crippen molar-refractivity contribution in [1.82, 2.24) is 14.8 Å². The molecule has 2 heterocycles. The molecule has 1 aromatic heterocycles. The first kappa shape index (κ1) is 21.8. The van der Waals surface area contributed by atoms with E-state index in [0.717, 1.165) is 16.8 Å². The van der Waals surface area contributed by atoms with Gasteiger partial charge in [0.05, 0.1) is 28.4 Å². The van der Waals surface area contributed by atoms with Gasteiger partial charge in [-0.3, -0.25) is 4.79 Å². The number of nitrogens with one attached hydrogen (secondary N) is 1. The Hall–Kier alpha value is -4.01. The number of Topliss-reactive ketones (excluding diaryl/α,β-unsaturated/α-hetero) is 1. The Kier molecular flexibility index (Phi) is 5.61. The molecule has 1 N–H and O–H groups in total. The number of fused-ring (bicyclic) bond motifs is 1. The molecule has 2 aliphatic rings. The molecular weight excluding hydrogens is 436 g/mol. The Morgan fingerprint density at radius 2 is 1.68 bits per heavy atom. The summed E-state index contributed by atoms with van der Waals surface area (Å²) in [6.45, 7) is 0. The Morgan fingerprint density at radius 3 is 2.41 bits per heavy atom. The second-order valence-corrected chi connectivity index (χ2v) is 8.20. The van der Waals surface area contributed by atoms with Gasteiger partial charge in [0.25, 0.3) is 0 Å². The van der Waals surface area contributed by atoms with Gasteiger partial charge >= 0.3 is 0 Å². The van der Waals surface area contributed by atoms with Gasteiger partial charge in [-0.25, -0.2) is 4.68 Å². The Labute approximate surface area is 197 Å². The molecule has 1 aliphatic carbocycles. The first-order valence-electron chi connectivity index (χ1n) is 10.9. The molecular formula is C25H26N4O5. The predicted molar refractivity (Wildman–Crippen MR) is 125 cm³/mol. The standard InChI is InChI=1S/C25H26N4O5/c1-31-16-6-8-20(32-2)17(12-16)24-23-18(28-25-26-13-27-29(24)25)9-15(10-19(23)30)14-5-7-21(33-3)22(11-14)34-4/h5-8,11-13,15,24H,9-10H2,1-4H3,(H,26,27,28)/t15-,24+/m0/s1. The van der Waals surface area contributed by atoms with E-state index in [1.807, 2.05) is 36.4 Å². The van der Waals surface area contributed by atoms with Crippen LogP contribution in [0.1, 0.15) is 35.9 Å². The van der Waals surface area contributed by atoms with E-state index in [2.05, 4.69) is 15.4 Å². The number of hydrogen-bond donors (Lipinski definition) is 1. The molecule has 34 heavy (non-hydrogen) atoms. The maximum Gasteiger partial charge on any atom is 0.226 e. The molecule has 0 saturated heterocycles. The minimum atomic E-state index is -0.474. The molecule has 2 aromatic carbocycles. The Bertz CT molecular complexity index is 1280. The van der Waals surface area contributed by atoms with Crippen molar-refractivity contribution in [3.63, 3.8) is 0 Å². The monoisotopic (exact) mass is 462 g/mol. The summed E-state index contributed by atoms with van der Waals surface area (Å²) in [5.41, 5.74) is 3.31. The maximum atomic E-state index is 13.7. The van der Waals surface area contributed by atoms with Crippen molar-refractivity contribution in [3.8, 4) is 23.0 Å². The summed E-state index contributed by atoms with van der Waals surface area (Å²) in [5.74, 6) is 3.23. The molecule has 0 spiro atoms. The first-order chi connectivity index (χ1) is 16.6. The highest BCUT2D eigenvalue weighted by Gasteiger charge is 2.40. The molecule has 0 bridgehead atoms. The summed E-state index contributed by atoms with van der Waals surface area (Å²) in [5, 5.41) is 7.77. The summed E-state index contributed by atoms with van der Waals surface area (Å²) >= 11 is 0. The fraction of sp³-hybridized carbons (Fsp3) is 0.320. The number of methoxy groups -OCH3 is 4. The zero-order valence-electron chi connectivity index (χ0n) is 19.5. The summed E-state index contributed by atoms with van der Waals surface area (Å²) in [6, 6.07) is 10.9. The van der Waals surface area contributed by atoms with Crippen molar-refractivity contribution in [2.75, 3.05) is 33.8 Å².